The van der Waals surface area contributed by atoms with E-state index in [1.54, 1.807) is 24.3 Å². The standard InChI is InChI=1S/C17H18N4O6S/c22-15(9-12-6-8-20-27-12)19-10-13(17(23)24)21-28(25,26)14-5-1-3-11-4-2-7-18-16(11)14/h1-5,7-8,12-13,21H,6,9-10H2,(H,19,22)(H,23,24)/t12-,13-/m0/s1. The molecule has 0 saturated heterocycles. The Labute approximate surface area is 160 Å². The molecular weight excluding hydrogens is 388 g/mol. The molecule has 0 bridgehead atoms. The van der Waals surface area contributed by atoms with Gasteiger partial charge in [0, 0.05) is 30.8 Å². The van der Waals surface area contributed by atoms with E-state index in [4.69, 9.17) is 4.84 Å². The number of nitrogens with one attached hydrogen (secondary N) is 2. The summed E-state index contributed by atoms with van der Waals surface area (Å²) >= 11 is 0. The van der Waals surface area contributed by atoms with E-state index in [-0.39, 0.29) is 16.8 Å². The number of pyridine rings is 1. The van der Waals surface area contributed by atoms with E-state index >= 15 is 0 Å². The lowest BCUT2D eigenvalue weighted by molar-refractivity contribution is -0.138. The van der Waals surface area contributed by atoms with Gasteiger partial charge in [-0.25, -0.2) is 8.42 Å². The number of hydrogen-bond acceptors (Lipinski definition) is 7. The first-order valence-corrected chi connectivity index (χ1v) is 9.88. The zero-order valence-corrected chi connectivity index (χ0v) is 15.4. The Balaban J connectivity index is 1.70. The first kappa shape index (κ1) is 19.7. The van der Waals surface area contributed by atoms with Crippen molar-refractivity contribution in [3.8, 4) is 0 Å². The van der Waals surface area contributed by atoms with E-state index in [0.717, 1.165) is 0 Å². The maximum atomic E-state index is 12.7. The molecule has 3 N–H and O–H groups in total. The van der Waals surface area contributed by atoms with Crippen molar-refractivity contribution in [1.82, 2.24) is 15.0 Å². The third-order valence-electron chi connectivity index (χ3n) is 4.05. The fourth-order valence-electron chi connectivity index (χ4n) is 2.67. The summed E-state index contributed by atoms with van der Waals surface area (Å²) in [6.07, 6.45) is 3.06. The number of sulfonamides is 1. The van der Waals surface area contributed by atoms with Gasteiger partial charge in [-0.2, -0.15) is 4.72 Å². The van der Waals surface area contributed by atoms with Crippen LogP contribution in [-0.4, -0.2) is 55.3 Å². The van der Waals surface area contributed by atoms with E-state index in [9.17, 15) is 23.1 Å². The SMILES string of the molecule is O=C(C[C@@H]1CC=NO1)NC[C@H](NS(=O)(=O)c1cccc2cccnc12)C(=O)O. The molecule has 0 unspecified atom stereocenters. The maximum absolute atomic E-state index is 12.7. The number of nitrogens with zero attached hydrogens (tertiary/aromatic N) is 2. The number of oxime groups is 1. The molecule has 1 aromatic heterocycles. The molecule has 2 aromatic rings. The van der Waals surface area contributed by atoms with Gasteiger partial charge in [-0.15, -0.1) is 0 Å². The molecule has 28 heavy (non-hydrogen) atoms. The molecule has 11 heteroatoms. The predicted molar refractivity (Wildman–Crippen MR) is 99.1 cm³/mol. The lowest BCUT2D eigenvalue weighted by atomic mass is 10.2. The lowest BCUT2D eigenvalue weighted by Gasteiger charge is -2.17. The van der Waals surface area contributed by atoms with Crippen molar-refractivity contribution in [2.75, 3.05) is 6.54 Å². The van der Waals surface area contributed by atoms with Crippen LogP contribution in [0, 0.1) is 0 Å². The molecule has 2 heterocycles. The highest BCUT2D eigenvalue weighted by molar-refractivity contribution is 7.89. The number of aromatic nitrogens is 1. The Bertz CT molecular complexity index is 1010. The summed E-state index contributed by atoms with van der Waals surface area (Å²) in [6.45, 7) is -0.417. The number of fused-ring (bicyclic) bond motifs is 1. The number of rotatable bonds is 8. The molecule has 0 aliphatic carbocycles. The van der Waals surface area contributed by atoms with E-state index in [2.05, 4.69) is 20.2 Å². The van der Waals surface area contributed by atoms with Crippen molar-refractivity contribution in [3.05, 3.63) is 36.5 Å². The zero-order chi connectivity index (χ0) is 20.1. The molecule has 1 aromatic carbocycles. The number of carbonyl (C=O) groups is 2. The largest absolute Gasteiger partial charge is 0.480 e. The van der Waals surface area contributed by atoms with Crippen LogP contribution in [0.5, 0.6) is 0 Å². The minimum Gasteiger partial charge on any atom is -0.480 e. The summed E-state index contributed by atoms with van der Waals surface area (Å²) in [5.41, 5.74) is 0.226. The molecule has 0 spiro atoms. The maximum Gasteiger partial charge on any atom is 0.323 e. The monoisotopic (exact) mass is 406 g/mol. The number of para-hydroxylation sites is 1. The first-order valence-electron chi connectivity index (χ1n) is 8.40. The van der Waals surface area contributed by atoms with Crippen LogP contribution in [0.15, 0.2) is 46.6 Å². The Morgan fingerprint density at radius 2 is 2.07 bits per heavy atom. The van der Waals surface area contributed by atoms with Gasteiger partial charge in [-0.05, 0) is 12.1 Å². The van der Waals surface area contributed by atoms with E-state index in [1.165, 1.54) is 18.5 Å². The molecule has 2 atom stereocenters. The minimum absolute atomic E-state index is 0.00761. The average Bonchev–Trinajstić information content (AvgIpc) is 3.17. The van der Waals surface area contributed by atoms with E-state index in [0.29, 0.717) is 11.8 Å². The van der Waals surface area contributed by atoms with Crippen LogP contribution in [0.25, 0.3) is 10.9 Å². The second-order valence-electron chi connectivity index (χ2n) is 6.10. The first-order chi connectivity index (χ1) is 13.4. The summed E-state index contributed by atoms with van der Waals surface area (Å²) in [5, 5.41) is 15.9. The summed E-state index contributed by atoms with van der Waals surface area (Å²) in [6, 6.07) is 6.40. The van der Waals surface area contributed by atoms with Crippen molar-refractivity contribution in [2.24, 2.45) is 5.16 Å². The van der Waals surface area contributed by atoms with Gasteiger partial charge in [0.25, 0.3) is 0 Å². The second kappa shape index (κ2) is 8.31. The van der Waals surface area contributed by atoms with Gasteiger partial charge in [0.2, 0.25) is 15.9 Å². The van der Waals surface area contributed by atoms with Crippen LogP contribution in [0.2, 0.25) is 0 Å². The van der Waals surface area contributed by atoms with Crippen LogP contribution >= 0.6 is 0 Å². The Kier molecular flexibility index (Phi) is 5.85. The van der Waals surface area contributed by atoms with Crippen molar-refractivity contribution >= 4 is 39.0 Å². The minimum atomic E-state index is -4.19. The van der Waals surface area contributed by atoms with Gasteiger partial charge in [0.15, 0.2) is 0 Å². The van der Waals surface area contributed by atoms with Crippen molar-refractivity contribution in [1.29, 1.82) is 0 Å². The number of hydrogen-bond donors (Lipinski definition) is 3. The molecule has 10 nitrogen and oxygen atoms in total. The molecule has 0 fully saturated rings. The Morgan fingerprint density at radius 3 is 2.79 bits per heavy atom. The van der Waals surface area contributed by atoms with Gasteiger partial charge in [0.1, 0.15) is 17.0 Å². The molecule has 0 radical (unpaired) electrons. The molecule has 1 aliphatic rings. The van der Waals surface area contributed by atoms with Crippen LogP contribution in [0.1, 0.15) is 12.8 Å². The average molecular weight is 406 g/mol. The number of amides is 1. The number of carboxylic acids is 1. The molecular formula is C17H18N4O6S. The van der Waals surface area contributed by atoms with Crippen LogP contribution in [0.4, 0.5) is 0 Å². The Hall–Kier alpha value is -3.05. The number of benzene rings is 1. The number of aliphatic carboxylic acids is 1. The van der Waals surface area contributed by atoms with Gasteiger partial charge in [0.05, 0.1) is 11.9 Å². The summed E-state index contributed by atoms with van der Waals surface area (Å²) in [5.74, 6) is -1.88. The normalized spacial score (nSPS) is 17.2. The van der Waals surface area contributed by atoms with Crippen molar-refractivity contribution in [2.45, 2.75) is 29.9 Å². The van der Waals surface area contributed by atoms with Crippen molar-refractivity contribution in [3.63, 3.8) is 0 Å². The third-order valence-corrected chi connectivity index (χ3v) is 5.55. The second-order valence-corrected chi connectivity index (χ2v) is 7.79. The fraction of sp³-hybridized carbons (Fsp3) is 0.294. The van der Waals surface area contributed by atoms with Gasteiger partial charge in [-0.3, -0.25) is 14.6 Å². The predicted octanol–water partition coefficient (Wildman–Crippen LogP) is 0.247. The fourth-order valence-corrected chi connectivity index (χ4v) is 4.04. The third kappa shape index (κ3) is 4.61. The molecule has 1 amide bonds. The smallest absolute Gasteiger partial charge is 0.323 e. The molecule has 1 aliphatic heterocycles. The Morgan fingerprint density at radius 1 is 1.29 bits per heavy atom. The highest BCUT2D eigenvalue weighted by Crippen LogP contribution is 2.20. The lowest BCUT2D eigenvalue weighted by Crippen LogP contribution is -2.48. The summed E-state index contributed by atoms with van der Waals surface area (Å²) in [4.78, 5) is 32.3. The zero-order valence-electron chi connectivity index (χ0n) is 14.6. The van der Waals surface area contributed by atoms with Gasteiger partial charge >= 0.3 is 5.97 Å². The topological polar surface area (TPSA) is 147 Å². The molecule has 0 saturated carbocycles. The van der Waals surface area contributed by atoms with E-state index in [1.807, 2.05) is 0 Å². The number of carbonyl (C=O) groups excluding carboxylic acids is 1. The van der Waals surface area contributed by atoms with E-state index < -0.39 is 40.6 Å². The molecule has 148 valence electrons. The van der Waals surface area contributed by atoms with Crippen LogP contribution in [-0.2, 0) is 24.4 Å². The van der Waals surface area contributed by atoms with Crippen LogP contribution < -0.4 is 10.0 Å². The summed E-state index contributed by atoms with van der Waals surface area (Å²) < 4.78 is 27.6. The van der Waals surface area contributed by atoms with Gasteiger partial charge < -0.3 is 15.3 Å². The number of carboxylic acid groups (broad SMARTS) is 1. The highest BCUT2D eigenvalue weighted by atomic mass is 32.2. The van der Waals surface area contributed by atoms with Gasteiger partial charge in [-0.1, -0.05) is 23.4 Å². The molecule has 3 rings (SSSR count). The summed E-state index contributed by atoms with van der Waals surface area (Å²) in [7, 11) is -4.19. The van der Waals surface area contributed by atoms with Crippen LogP contribution in [0.3, 0.4) is 0 Å². The highest BCUT2D eigenvalue weighted by Gasteiger charge is 2.28. The van der Waals surface area contributed by atoms with Crippen molar-refractivity contribution < 1.29 is 28.0 Å². The quantitative estimate of drug-likeness (QED) is 0.569.